The molecule has 0 bridgehead atoms. The first-order valence-corrected chi connectivity index (χ1v) is 3.03. The summed E-state index contributed by atoms with van der Waals surface area (Å²) in [6.07, 6.45) is 0. The first-order chi connectivity index (χ1) is 4.39. The summed E-state index contributed by atoms with van der Waals surface area (Å²) >= 11 is 0. The molecule has 0 saturated heterocycles. The van der Waals surface area contributed by atoms with Gasteiger partial charge in [0.1, 0.15) is 6.07 Å². The monoisotopic (exact) mass is 137 g/mol. The molecule has 0 fully saturated rings. The largest absolute Gasteiger partial charge is 0.293 e. The summed E-state index contributed by atoms with van der Waals surface area (Å²) in [5, 5.41) is 8.30. The molecule has 0 N–H and O–H groups in total. The van der Waals surface area contributed by atoms with Gasteiger partial charge in [-0.3, -0.25) is 4.79 Å². The molecule has 0 aromatic rings. The lowest BCUT2D eigenvalue weighted by atomic mass is 9.87. The number of hydrogen-bond donors (Lipinski definition) is 0. The minimum absolute atomic E-state index is 0.0347. The van der Waals surface area contributed by atoms with Crippen LogP contribution in [0.3, 0.4) is 0 Å². The number of carbonyl (C=O) groups is 1. The Bertz CT molecular complexity index is 202. The van der Waals surface area contributed by atoms with Gasteiger partial charge < -0.3 is 0 Å². The van der Waals surface area contributed by atoms with Crippen molar-refractivity contribution in [2.75, 3.05) is 0 Å². The average molecular weight is 137 g/mol. The molecule has 0 radical (unpaired) electrons. The number of nitriles is 1. The molecular formula is C8H11NO. The van der Waals surface area contributed by atoms with Gasteiger partial charge in [0.25, 0.3) is 0 Å². The van der Waals surface area contributed by atoms with Gasteiger partial charge in [-0.2, -0.15) is 5.26 Å². The number of carbonyl (C=O) groups excluding carboxylic acids is 1. The molecule has 0 rings (SSSR count). The van der Waals surface area contributed by atoms with E-state index in [1.807, 2.05) is 0 Å². The van der Waals surface area contributed by atoms with Gasteiger partial charge in [-0.15, -0.1) is 0 Å². The third-order valence-electron chi connectivity index (χ3n) is 1.09. The molecule has 10 heavy (non-hydrogen) atoms. The van der Waals surface area contributed by atoms with Crippen LogP contribution in [-0.2, 0) is 4.79 Å². The zero-order valence-electron chi connectivity index (χ0n) is 6.56. The SMILES string of the molecule is C=C(C#N)C(=O)C(C)(C)C. The van der Waals surface area contributed by atoms with E-state index in [0.717, 1.165) is 0 Å². The highest BCUT2D eigenvalue weighted by molar-refractivity contribution is 6.01. The van der Waals surface area contributed by atoms with Crippen molar-refractivity contribution >= 4 is 5.78 Å². The van der Waals surface area contributed by atoms with E-state index in [4.69, 9.17) is 5.26 Å². The van der Waals surface area contributed by atoms with Crippen LogP contribution in [0.4, 0.5) is 0 Å². The fraction of sp³-hybridized carbons (Fsp3) is 0.500. The highest BCUT2D eigenvalue weighted by Gasteiger charge is 2.23. The highest BCUT2D eigenvalue weighted by atomic mass is 16.1. The minimum atomic E-state index is -0.479. The average Bonchev–Trinajstić information content (AvgIpc) is 1.83. The van der Waals surface area contributed by atoms with Gasteiger partial charge in [-0.25, -0.2) is 0 Å². The number of rotatable bonds is 1. The fourth-order valence-corrected chi connectivity index (χ4v) is 0.503. The first-order valence-electron chi connectivity index (χ1n) is 3.03. The van der Waals surface area contributed by atoms with Gasteiger partial charge in [0.05, 0.1) is 5.57 Å². The van der Waals surface area contributed by atoms with E-state index in [1.165, 1.54) is 0 Å². The van der Waals surface area contributed by atoms with Gasteiger partial charge in [-0.05, 0) is 0 Å². The molecule has 0 aromatic carbocycles. The summed E-state index contributed by atoms with van der Waals surface area (Å²) in [6.45, 7) is 8.61. The van der Waals surface area contributed by atoms with Crippen molar-refractivity contribution in [2.45, 2.75) is 20.8 Å². The maximum absolute atomic E-state index is 11.1. The third-order valence-corrected chi connectivity index (χ3v) is 1.09. The standard InChI is InChI=1S/C8H11NO/c1-6(5-9)7(10)8(2,3)4/h1H2,2-4H3. The molecule has 2 heteroatoms. The molecule has 0 atom stereocenters. The summed E-state index contributed by atoms with van der Waals surface area (Å²) < 4.78 is 0. The van der Waals surface area contributed by atoms with E-state index in [9.17, 15) is 4.79 Å². The van der Waals surface area contributed by atoms with Crippen molar-refractivity contribution in [1.82, 2.24) is 0 Å². The maximum atomic E-state index is 11.1. The van der Waals surface area contributed by atoms with Crippen molar-refractivity contribution < 1.29 is 4.79 Å². The molecule has 0 heterocycles. The van der Waals surface area contributed by atoms with E-state index in [1.54, 1.807) is 26.8 Å². The van der Waals surface area contributed by atoms with Crippen LogP contribution in [0.5, 0.6) is 0 Å². The van der Waals surface area contributed by atoms with E-state index in [0.29, 0.717) is 0 Å². The van der Waals surface area contributed by atoms with Crippen LogP contribution in [0.25, 0.3) is 0 Å². The Morgan fingerprint density at radius 1 is 1.50 bits per heavy atom. The molecule has 0 aliphatic heterocycles. The second-order valence-corrected chi connectivity index (χ2v) is 3.17. The smallest absolute Gasteiger partial charge is 0.178 e. The van der Waals surface area contributed by atoms with Crippen molar-refractivity contribution in [2.24, 2.45) is 5.41 Å². The van der Waals surface area contributed by atoms with Gasteiger partial charge >= 0.3 is 0 Å². The lowest BCUT2D eigenvalue weighted by molar-refractivity contribution is -0.122. The molecule has 2 nitrogen and oxygen atoms in total. The molecule has 0 aliphatic carbocycles. The molecule has 0 saturated carbocycles. The van der Waals surface area contributed by atoms with Crippen LogP contribution < -0.4 is 0 Å². The van der Waals surface area contributed by atoms with Crippen LogP contribution >= 0.6 is 0 Å². The van der Waals surface area contributed by atoms with E-state index >= 15 is 0 Å². The number of Topliss-reactive ketones (excluding diaryl/α,β-unsaturated/α-hetero) is 1. The third kappa shape index (κ3) is 2.02. The van der Waals surface area contributed by atoms with Crippen molar-refractivity contribution in [3.8, 4) is 6.07 Å². The summed E-state index contributed by atoms with van der Waals surface area (Å²) in [5.74, 6) is -0.185. The minimum Gasteiger partial charge on any atom is -0.293 e. The Morgan fingerprint density at radius 2 is 1.90 bits per heavy atom. The van der Waals surface area contributed by atoms with Crippen LogP contribution in [0, 0.1) is 16.7 Å². The van der Waals surface area contributed by atoms with Crippen molar-refractivity contribution in [1.29, 1.82) is 5.26 Å². The fourth-order valence-electron chi connectivity index (χ4n) is 0.503. The lowest BCUT2D eigenvalue weighted by Gasteiger charge is -2.14. The lowest BCUT2D eigenvalue weighted by Crippen LogP contribution is -2.20. The predicted molar refractivity (Wildman–Crippen MR) is 39.2 cm³/mol. The highest BCUT2D eigenvalue weighted by Crippen LogP contribution is 2.18. The number of nitrogens with zero attached hydrogens (tertiary/aromatic N) is 1. The van der Waals surface area contributed by atoms with Crippen molar-refractivity contribution in [3.63, 3.8) is 0 Å². The number of allylic oxidation sites excluding steroid dienone is 1. The molecule has 54 valence electrons. The first kappa shape index (κ1) is 8.90. The van der Waals surface area contributed by atoms with Crippen LogP contribution in [0.15, 0.2) is 12.2 Å². The van der Waals surface area contributed by atoms with Gasteiger partial charge in [0, 0.05) is 5.41 Å². The predicted octanol–water partition coefficient (Wildman–Crippen LogP) is 1.68. The zero-order valence-corrected chi connectivity index (χ0v) is 6.56. The Hall–Kier alpha value is -1.10. The normalized spacial score (nSPS) is 10.2. The second-order valence-electron chi connectivity index (χ2n) is 3.17. The van der Waals surface area contributed by atoms with Crippen LogP contribution in [0.1, 0.15) is 20.8 Å². The quantitative estimate of drug-likeness (QED) is 0.407. The van der Waals surface area contributed by atoms with Crippen LogP contribution in [0.2, 0.25) is 0 Å². The number of ketones is 1. The Balaban J connectivity index is 4.43. The summed E-state index contributed by atoms with van der Waals surface area (Å²) in [5.41, 5.74) is -0.445. The molecule has 0 unspecified atom stereocenters. The summed E-state index contributed by atoms with van der Waals surface area (Å²) in [6, 6.07) is 1.73. The van der Waals surface area contributed by atoms with E-state index < -0.39 is 5.41 Å². The maximum Gasteiger partial charge on any atom is 0.178 e. The molecular weight excluding hydrogens is 126 g/mol. The second kappa shape index (κ2) is 2.66. The summed E-state index contributed by atoms with van der Waals surface area (Å²) in [4.78, 5) is 11.1. The zero-order chi connectivity index (χ0) is 8.36. The molecule has 0 aliphatic rings. The molecule has 0 spiro atoms. The van der Waals surface area contributed by atoms with Gasteiger partial charge in [0.15, 0.2) is 5.78 Å². The van der Waals surface area contributed by atoms with E-state index in [-0.39, 0.29) is 11.4 Å². The Morgan fingerprint density at radius 3 is 2.00 bits per heavy atom. The molecule has 0 amide bonds. The Kier molecular flexibility index (Phi) is 2.36. The van der Waals surface area contributed by atoms with Gasteiger partial charge in [-0.1, -0.05) is 27.4 Å². The van der Waals surface area contributed by atoms with Gasteiger partial charge in [0.2, 0.25) is 0 Å². The molecule has 0 aromatic heterocycles. The van der Waals surface area contributed by atoms with Crippen LogP contribution in [-0.4, -0.2) is 5.78 Å². The van der Waals surface area contributed by atoms with E-state index in [2.05, 4.69) is 6.58 Å². The Labute approximate surface area is 61.2 Å². The summed E-state index contributed by atoms with van der Waals surface area (Å²) in [7, 11) is 0. The number of hydrogen-bond acceptors (Lipinski definition) is 2. The topological polar surface area (TPSA) is 40.9 Å². The van der Waals surface area contributed by atoms with Crippen molar-refractivity contribution in [3.05, 3.63) is 12.2 Å².